The number of ether oxygens (including phenoxy) is 1. The monoisotopic (exact) mass is 339 g/mol. The van der Waals surface area contributed by atoms with E-state index in [2.05, 4.69) is 15.3 Å². The molecule has 0 unspecified atom stereocenters. The van der Waals surface area contributed by atoms with E-state index in [1.165, 1.54) is 18.4 Å². The molecule has 122 valence electrons. The van der Waals surface area contributed by atoms with E-state index in [1.807, 2.05) is 53.9 Å². The van der Waals surface area contributed by atoms with Gasteiger partial charge in [0, 0.05) is 18.7 Å². The quantitative estimate of drug-likeness (QED) is 0.770. The molecule has 0 saturated carbocycles. The summed E-state index contributed by atoms with van der Waals surface area (Å²) in [5.41, 5.74) is 1.20. The Labute approximate surface area is 144 Å². The van der Waals surface area contributed by atoms with Crippen molar-refractivity contribution in [2.45, 2.75) is 12.5 Å². The van der Waals surface area contributed by atoms with Crippen LogP contribution in [0.3, 0.4) is 0 Å². The Kier molecular flexibility index (Phi) is 4.69. The van der Waals surface area contributed by atoms with Crippen molar-refractivity contribution in [1.82, 2.24) is 9.97 Å². The highest BCUT2D eigenvalue weighted by Gasteiger charge is 2.35. The first-order chi connectivity index (χ1) is 11.6. The van der Waals surface area contributed by atoms with Crippen molar-refractivity contribution in [1.29, 1.82) is 0 Å². The maximum absolute atomic E-state index is 12.7. The SMILES string of the molecule is CO[C@](C)(C(=O)Nc1nc(-c2ccccn2)cs1)c1ccccc1. The zero-order chi connectivity index (χ0) is 17.0. The fourth-order valence-electron chi connectivity index (χ4n) is 2.28. The number of hydrogen-bond donors (Lipinski definition) is 1. The highest BCUT2D eigenvalue weighted by Crippen LogP contribution is 2.28. The number of pyridine rings is 1. The van der Waals surface area contributed by atoms with E-state index in [9.17, 15) is 4.79 Å². The van der Waals surface area contributed by atoms with E-state index < -0.39 is 5.60 Å². The molecule has 1 amide bonds. The molecule has 0 radical (unpaired) electrons. The molecule has 0 saturated heterocycles. The molecule has 0 fully saturated rings. The Bertz CT molecular complexity index is 821. The average molecular weight is 339 g/mol. The normalized spacial score (nSPS) is 13.2. The number of hydrogen-bond acceptors (Lipinski definition) is 5. The molecule has 6 heteroatoms. The van der Waals surface area contributed by atoms with Gasteiger partial charge < -0.3 is 4.74 Å². The highest BCUT2D eigenvalue weighted by molar-refractivity contribution is 7.14. The van der Waals surface area contributed by atoms with Gasteiger partial charge in [0.15, 0.2) is 10.7 Å². The summed E-state index contributed by atoms with van der Waals surface area (Å²) in [6.45, 7) is 1.74. The van der Waals surface area contributed by atoms with Crippen LogP contribution in [0.25, 0.3) is 11.4 Å². The molecule has 1 N–H and O–H groups in total. The minimum atomic E-state index is -1.09. The number of methoxy groups -OCH3 is 1. The first-order valence-corrected chi connectivity index (χ1v) is 8.30. The number of carbonyl (C=O) groups is 1. The van der Waals surface area contributed by atoms with Crippen LogP contribution in [0.15, 0.2) is 60.1 Å². The molecular formula is C18H17N3O2S. The van der Waals surface area contributed by atoms with E-state index in [0.29, 0.717) is 5.13 Å². The summed E-state index contributed by atoms with van der Waals surface area (Å²) < 4.78 is 5.50. The second-order valence-corrected chi connectivity index (χ2v) is 6.17. The van der Waals surface area contributed by atoms with E-state index in [-0.39, 0.29) is 5.91 Å². The maximum atomic E-state index is 12.7. The van der Waals surface area contributed by atoms with Crippen LogP contribution in [0.1, 0.15) is 12.5 Å². The van der Waals surface area contributed by atoms with Crippen molar-refractivity contribution < 1.29 is 9.53 Å². The van der Waals surface area contributed by atoms with Crippen LogP contribution >= 0.6 is 11.3 Å². The van der Waals surface area contributed by atoms with Gasteiger partial charge in [-0.2, -0.15) is 0 Å². The van der Waals surface area contributed by atoms with E-state index in [0.717, 1.165) is 17.0 Å². The first kappa shape index (κ1) is 16.3. The molecule has 1 aromatic carbocycles. The summed E-state index contributed by atoms with van der Waals surface area (Å²) >= 11 is 1.36. The number of nitrogens with one attached hydrogen (secondary N) is 1. The van der Waals surface area contributed by atoms with Crippen LogP contribution in [0.4, 0.5) is 5.13 Å². The van der Waals surface area contributed by atoms with Gasteiger partial charge in [-0.05, 0) is 24.6 Å². The molecule has 0 aliphatic rings. The summed E-state index contributed by atoms with van der Waals surface area (Å²) in [4.78, 5) is 21.4. The van der Waals surface area contributed by atoms with Crippen molar-refractivity contribution in [3.8, 4) is 11.4 Å². The maximum Gasteiger partial charge on any atom is 0.262 e. The van der Waals surface area contributed by atoms with E-state index >= 15 is 0 Å². The Morgan fingerprint density at radius 2 is 1.88 bits per heavy atom. The summed E-state index contributed by atoms with van der Waals surface area (Å²) in [5.74, 6) is -0.266. The molecule has 3 rings (SSSR count). The van der Waals surface area contributed by atoms with Crippen molar-refractivity contribution in [2.75, 3.05) is 12.4 Å². The van der Waals surface area contributed by atoms with Crippen LogP contribution in [0, 0.1) is 0 Å². The second-order valence-electron chi connectivity index (χ2n) is 5.31. The van der Waals surface area contributed by atoms with Crippen molar-refractivity contribution in [3.63, 3.8) is 0 Å². The fraction of sp³-hybridized carbons (Fsp3) is 0.167. The molecule has 1 atom stereocenters. The number of anilines is 1. The number of carbonyl (C=O) groups excluding carboxylic acids is 1. The molecule has 2 aromatic heterocycles. The van der Waals surface area contributed by atoms with Crippen molar-refractivity contribution >= 4 is 22.4 Å². The average Bonchev–Trinajstić information content (AvgIpc) is 3.11. The van der Waals surface area contributed by atoms with Gasteiger partial charge in [0.05, 0.1) is 5.69 Å². The predicted octanol–water partition coefficient (Wildman–Crippen LogP) is 3.71. The number of amides is 1. The van der Waals surface area contributed by atoms with Crippen LogP contribution < -0.4 is 5.32 Å². The van der Waals surface area contributed by atoms with Gasteiger partial charge in [0.1, 0.15) is 5.69 Å². The van der Waals surface area contributed by atoms with Crippen molar-refractivity contribution in [2.24, 2.45) is 0 Å². The lowest BCUT2D eigenvalue weighted by Gasteiger charge is -2.26. The lowest BCUT2D eigenvalue weighted by molar-refractivity contribution is -0.136. The van der Waals surface area contributed by atoms with E-state index in [4.69, 9.17) is 4.74 Å². The van der Waals surface area contributed by atoms with Gasteiger partial charge >= 0.3 is 0 Å². The number of benzene rings is 1. The Morgan fingerprint density at radius 1 is 1.12 bits per heavy atom. The highest BCUT2D eigenvalue weighted by atomic mass is 32.1. The smallest absolute Gasteiger partial charge is 0.262 e. The lowest BCUT2D eigenvalue weighted by Crippen LogP contribution is -2.39. The zero-order valence-corrected chi connectivity index (χ0v) is 14.2. The number of rotatable bonds is 5. The molecule has 3 aromatic rings. The summed E-state index contributed by atoms with van der Waals surface area (Å²) in [6.07, 6.45) is 1.71. The van der Waals surface area contributed by atoms with Crippen LogP contribution in [-0.4, -0.2) is 23.0 Å². The lowest BCUT2D eigenvalue weighted by atomic mass is 9.95. The molecule has 0 spiro atoms. The number of thiazole rings is 1. The first-order valence-electron chi connectivity index (χ1n) is 7.42. The topological polar surface area (TPSA) is 64.1 Å². The summed E-state index contributed by atoms with van der Waals surface area (Å²) in [5, 5.41) is 5.22. The van der Waals surface area contributed by atoms with Gasteiger partial charge in [-0.3, -0.25) is 15.1 Å². The summed E-state index contributed by atoms with van der Waals surface area (Å²) in [6, 6.07) is 15.0. The molecule has 0 aliphatic carbocycles. The Hall–Kier alpha value is -2.57. The third-order valence-electron chi connectivity index (χ3n) is 3.82. The third-order valence-corrected chi connectivity index (χ3v) is 4.58. The molecular weight excluding hydrogens is 322 g/mol. The predicted molar refractivity (Wildman–Crippen MR) is 94.8 cm³/mol. The standard InChI is InChI=1S/C18H17N3O2S/c1-18(23-2,13-8-4-3-5-9-13)16(22)21-17-20-15(12-24-17)14-10-6-7-11-19-14/h3-12H,1-2H3,(H,20,21,22)/t18-/m0/s1. The third kappa shape index (κ3) is 3.20. The fourth-order valence-corrected chi connectivity index (χ4v) is 2.98. The van der Waals surface area contributed by atoms with E-state index in [1.54, 1.807) is 13.1 Å². The van der Waals surface area contributed by atoms with Crippen LogP contribution in [-0.2, 0) is 15.1 Å². The Morgan fingerprint density at radius 3 is 2.54 bits per heavy atom. The van der Waals surface area contributed by atoms with Gasteiger partial charge in [0.25, 0.3) is 5.91 Å². The van der Waals surface area contributed by atoms with Gasteiger partial charge in [-0.25, -0.2) is 4.98 Å². The van der Waals surface area contributed by atoms with Crippen LogP contribution in [0.2, 0.25) is 0 Å². The van der Waals surface area contributed by atoms with Crippen LogP contribution in [0.5, 0.6) is 0 Å². The zero-order valence-electron chi connectivity index (χ0n) is 13.4. The van der Waals surface area contributed by atoms with Gasteiger partial charge in [0.2, 0.25) is 0 Å². The largest absolute Gasteiger partial charge is 0.364 e. The second kappa shape index (κ2) is 6.90. The minimum absolute atomic E-state index is 0.266. The minimum Gasteiger partial charge on any atom is -0.364 e. The summed E-state index contributed by atoms with van der Waals surface area (Å²) in [7, 11) is 1.52. The number of nitrogens with zero attached hydrogens (tertiary/aromatic N) is 2. The molecule has 5 nitrogen and oxygen atoms in total. The van der Waals surface area contributed by atoms with Gasteiger partial charge in [-0.15, -0.1) is 11.3 Å². The van der Waals surface area contributed by atoms with Gasteiger partial charge in [-0.1, -0.05) is 36.4 Å². The number of aromatic nitrogens is 2. The molecule has 0 aliphatic heterocycles. The molecule has 0 bridgehead atoms. The molecule has 2 heterocycles. The van der Waals surface area contributed by atoms with Crippen molar-refractivity contribution in [3.05, 3.63) is 65.7 Å². The molecule has 24 heavy (non-hydrogen) atoms. The Balaban J connectivity index is 1.81.